The minimum atomic E-state index is -0.447. The molecule has 3 N–H and O–H groups in total. The second-order valence-corrected chi connectivity index (χ2v) is 4.54. The summed E-state index contributed by atoms with van der Waals surface area (Å²) in [7, 11) is 1.41. The Balaban J connectivity index is 2.98. The molecule has 0 aromatic heterocycles. The molecule has 0 bridgehead atoms. The number of nitrogens with two attached hydrogens (primary N) is 1. The fraction of sp³-hybridized carbons (Fsp3) is 0.538. The Hall–Kier alpha value is -1.82. The van der Waals surface area contributed by atoms with Gasteiger partial charge in [0.25, 0.3) is 0 Å². The van der Waals surface area contributed by atoms with Crippen LogP contribution in [0.25, 0.3) is 0 Å². The van der Waals surface area contributed by atoms with Gasteiger partial charge in [0.1, 0.15) is 5.69 Å². The number of anilines is 1. The molecule has 0 amide bonds. The second-order valence-electron chi connectivity index (χ2n) is 4.54. The van der Waals surface area contributed by atoms with Crippen molar-refractivity contribution in [2.45, 2.75) is 32.2 Å². The van der Waals surface area contributed by atoms with Crippen LogP contribution in [-0.4, -0.2) is 24.1 Å². The standard InChI is InChI=1S/C13H21N3O3/c1-4-13(14,5-2)9-15-10-7-6-8-11(19-3)12(10)16(17)18/h6-8,15H,4-5,9,14H2,1-3H3. The zero-order valence-corrected chi connectivity index (χ0v) is 11.6. The van der Waals surface area contributed by atoms with Gasteiger partial charge in [0.2, 0.25) is 0 Å². The van der Waals surface area contributed by atoms with Crippen LogP contribution in [-0.2, 0) is 0 Å². The van der Waals surface area contributed by atoms with E-state index in [0.717, 1.165) is 12.8 Å². The maximum absolute atomic E-state index is 11.1. The normalized spacial score (nSPS) is 11.2. The highest BCUT2D eigenvalue weighted by Crippen LogP contribution is 2.34. The smallest absolute Gasteiger partial charge is 0.333 e. The van der Waals surface area contributed by atoms with Gasteiger partial charge in [0.05, 0.1) is 12.0 Å². The van der Waals surface area contributed by atoms with Crippen LogP contribution in [0.5, 0.6) is 5.75 Å². The first-order valence-electron chi connectivity index (χ1n) is 6.31. The highest BCUT2D eigenvalue weighted by Gasteiger charge is 2.24. The average Bonchev–Trinajstić information content (AvgIpc) is 2.43. The van der Waals surface area contributed by atoms with E-state index in [1.807, 2.05) is 13.8 Å². The number of nitro groups is 1. The molecule has 1 aromatic rings. The first kappa shape index (κ1) is 15.2. The highest BCUT2D eigenvalue weighted by molar-refractivity contribution is 5.68. The lowest BCUT2D eigenvalue weighted by molar-refractivity contribution is -0.384. The van der Waals surface area contributed by atoms with E-state index in [-0.39, 0.29) is 17.0 Å². The summed E-state index contributed by atoms with van der Waals surface area (Å²) in [5.41, 5.74) is 6.19. The van der Waals surface area contributed by atoms with E-state index >= 15 is 0 Å². The van der Waals surface area contributed by atoms with Gasteiger partial charge in [0, 0.05) is 12.1 Å². The molecule has 0 aliphatic rings. The van der Waals surface area contributed by atoms with Gasteiger partial charge in [-0.3, -0.25) is 10.1 Å². The maximum Gasteiger partial charge on any atom is 0.333 e. The Kier molecular flexibility index (Phi) is 5.11. The molecule has 6 nitrogen and oxygen atoms in total. The van der Waals surface area contributed by atoms with Gasteiger partial charge in [-0.2, -0.15) is 0 Å². The van der Waals surface area contributed by atoms with E-state index in [0.29, 0.717) is 12.2 Å². The van der Waals surface area contributed by atoms with Crippen molar-refractivity contribution in [2.75, 3.05) is 19.0 Å². The molecule has 0 radical (unpaired) electrons. The number of nitrogens with zero attached hydrogens (tertiary/aromatic N) is 1. The molecule has 0 aliphatic heterocycles. The Bertz CT molecular complexity index is 445. The van der Waals surface area contributed by atoms with Crippen LogP contribution in [0, 0.1) is 10.1 Å². The third kappa shape index (κ3) is 3.57. The summed E-state index contributed by atoms with van der Waals surface area (Å²) >= 11 is 0. The third-order valence-corrected chi connectivity index (χ3v) is 3.44. The number of nitro benzene ring substituents is 1. The van der Waals surface area contributed by atoms with Gasteiger partial charge < -0.3 is 15.8 Å². The number of hydrogen-bond acceptors (Lipinski definition) is 5. The molecule has 0 saturated heterocycles. The van der Waals surface area contributed by atoms with E-state index in [4.69, 9.17) is 10.5 Å². The molecular weight excluding hydrogens is 246 g/mol. The number of para-hydroxylation sites is 1. The van der Waals surface area contributed by atoms with Gasteiger partial charge in [-0.25, -0.2) is 0 Å². The summed E-state index contributed by atoms with van der Waals surface area (Å²) in [6, 6.07) is 4.94. The van der Waals surface area contributed by atoms with Gasteiger partial charge >= 0.3 is 5.69 Å². The maximum atomic E-state index is 11.1. The van der Waals surface area contributed by atoms with Crippen molar-refractivity contribution in [3.8, 4) is 5.75 Å². The van der Waals surface area contributed by atoms with Crippen molar-refractivity contribution in [3.05, 3.63) is 28.3 Å². The number of rotatable bonds is 7. The van der Waals surface area contributed by atoms with Crippen molar-refractivity contribution in [1.29, 1.82) is 0 Å². The van der Waals surface area contributed by atoms with Crippen LogP contribution in [0.3, 0.4) is 0 Å². The molecule has 6 heteroatoms. The zero-order valence-electron chi connectivity index (χ0n) is 11.6. The third-order valence-electron chi connectivity index (χ3n) is 3.44. The van der Waals surface area contributed by atoms with Gasteiger partial charge in [-0.05, 0) is 25.0 Å². The van der Waals surface area contributed by atoms with E-state index in [1.165, 1.54) is 7.11 Å². The molecule has 1 aromatic carbocycles. The quantitative estimate of drug-likeness (QED) is 0.585. The molecule has 0 fully saturated rings. The van der Waals surface area contributed by atoms with Crippen molar-refractivity contribution in [1.82, 2.24) is 0 Å². The molecule has 1 rings (SSSR count). The molecule has 0 aliphatic carbocycles. The van der Waals surface area contributed by atoms with Crippen molar-refractivity contribution in [2.24, 2.45) is 5.73 Å². The van der Waals surface area contributed by atoms with Crippen LogP contribution < -0.4 is 15.8 Å². The SMILES string of the molecule is CCC(N)(CC)CNc1cccc(OC)c1[N+](=O)[O-]. The largest absolute Gasteiger partial charge is 0.490 e. The molecule has 0 unspecified atom stereocenters. The number of methoxy groups -OCH3 is 1. The Morgan fingerprint density at radius 3 is 2.53 bits per heavy atom. The predicted octanol–water partition coefficient (Wildman–Crippen LogP) is 2.53. The number of benzene rings is 1. The molecule has 106 valence electrons. The monoisotopic (exact) mass is 267 g/mol. The van der Waals surface area contributed by atoms with Crippen LogP contribution in [0.2, 0.25) is 0 Å². The summed E-state index contributed by atoms with van der Waals surface area (Å²) in [6.07, 6.45) is 1.60. The summed E-state index contributed by atoms with van der Waals surface area (Å²) in [4.78, 5) is 10.7. The Morgan fingerprint density at radius 2 is 2.05 bits per heavy atom. The van der Waals surface area contributed by atoms with E-state index in [9.17, 15) is 10.1 Å². The van der Waals surface area contributed by atoms with Crippen LogP contribution in [0.15, 0.2) is 18.2 Å². The highest BCUT2D eigenvalue weighted by atomic mass is 16.6. The Labute approximate surface area is 113 Å². The number of hydrogen-bond donors (Lipinski definition) is 2. The lowest BCUT2D eigenvalue weighted by atomic mass is 9.94. The van der Waals surface area contributed by atoms with E-state index in [1.54, 1.807) is 18.2 Å². The summed E-state index contributed by atoms with van der Waals surface area (Å²) in [5.74, 6) is 0.241. The molecule has 0 atom stereocenters. The summed E-state index contributed by atoms with van der Waals surface area (Å²) in [5, 5.41) is 14.2. The Morgan fingerprint density at radius 1 is 1.42 bits per heavy atom. The lowest BCUT2D eigenvalue weighted by Gasteiger charge is -2.27. The van der Waals surface area contributed by atoms with Crippen LogP contribution >= 0.6 is 0 Å². The fourth-order valence-electron chi connectivity index (χ4n) is 1.79. The summed E-state index contributed by atoms with van der Waals surface area (Å²) in [6.45, 7) is 4.49. The first-order valence-corrected chi connectivity index (χ1v) is 6.31. The van der Waals surface area contributed by atoms with Gasteiger partial charge in [-0.1, -0.05) is 19.9 Å². The van der Waals surface area contributed by atoms with Gasteiger partial charge in [-0.15, -0.1) is 0 Å². The molecule has 19 heavy (non-hydrogen) atoms. The molecular formula is C13H21N3O3. The van der Waals surface area contributed by atoms with Crippen LogP contribution in [0.1, 0.15) is 26.7 Å². The van der Waals surface area contributed by atoms with Crippen LogP contribution in [0.4, 0.5) is 11.4 Å². The van der Waals surface area contributed by atoms with Crippen molar-refractivity contribution < 1.29 is 9.66 Å². The molecule has 0 saturated carbocycles. The average molecular weight is 267 g/mol. The van der Waals surface area contributed by atoms with Crippen molar-refractivity contribution in [3.63, 3.8) is 0 Å². The second kappa shape index (κ2) is 6.38. The predicted molar refractivity (Wildman–Crippen MR) is 75.6 cm³/mol. The minimum Gasteiger partial charge on any atom is -0.490 e. The topological polar surface area (TPSA) is 90.4 Å². The fourth-order valence-corrected chi connectivity index (χ4v) is 1.79. The number of ether oxygens (including phenoxy) is 1. The minimum absolute atomic E-state index is 0.0560. The van der Waals surface area contributed by atoms with E-state index < -0.39 is 4.92 Å². The number of nitrogens with one attached hydrogen (secondary N) is 1. The lowest BCUT2D eigenvalue weighted by Crippen LogP contribution is -2.45. The van der Waals surface area contributed by atoms with Gasteiger partial charge in [0.15, 0.2) is 5.75 Å². The first-order chi connectivity index (χ1) is 8.97. The van der Waals surface area contributed by atoms with E-state index in [2.05, 4.69) is 5.32 Å². The van der Waals surface area contributed by atoms with Crippen molar-refractivity contribution >= 4 is 11.4 Å². The molecule has 0 heterocycles. The summed E-state index contributed by atoms with van der Waals surface area (Å²) < 4.78 is 5.02. The zero-order chi connectivity index (χ0) is 14.5. The molecule has 0 spiro atoms.